The van der Waals surface area contributed by atoms with Crippen LogP contribution in [0.3, 0.4) is 0 Å². The van der Waals surface area contributed by atoms with Gasteiger partial charge in [0.1, 0.15) is 0 Å². The van der Waals surface area contributed by atoms with E-state index in [9.17, 15) is 0 Å². The molecule has 4 fully saturated rings. The molecule has 126 valence electrons. The molecule has 2 aliphatic carbocycles. The maximum Gasteiger partial charge on any atom is 0.0844 e. The Morgan fingerprint density at radius 1 is 0.500 bits per heavy atom. The molecule has 0 spiro atoms. The summed E-state index contributed by atoms with van der Waals surface area (Å²) in [5.41, 5.74) is 0. The zero-order chi connectivity index (χ0) is 14.8. The van der Waals surface area contributed by atoms with E-state index in [1.54, 1.807) is 0 Å². The minimum absolute atomic E-state index is 0.676. The average molecular weight is 306 g/mol. The van der Waals surface area contributed by atoms with Crippen LogP contribution in [0.15, 0.2) is 0 Å². The zero-order valence-corrected chi connectivity index (χ0v) is 14.2. The third kappa shape index (κ3) is 4.26. The summed E-state index contributed by atoms with van der Waals surface area (Å²) in [7, 11) is 0. The standard InChI is InChI=1S/C20H34O2/c1(3-5-7-15-9-11-17-19(13-15)21-17)2-4-6-8-16-10-12-18-20(14-16)22-18/h15-20H,1-14H2. The van der Waals surface area contributed by atoms with Crippen LogP contribution >= 0.6 is 0 Å². The number of rotatable bonds is 9. The van der Waals surface area contributed by atoms with Gasteiger partial charge < -0.3 is 9.47 Å². The molecule has 0 bridgehead atoms. The quantitative estimate of drug-likeness (QED) is 0.430. The lowest BCUT2D eigenvalue weighted by molar-refractivity contribution is 0.338. The van der Waals surface area contributed by atoms with E-state index in [-0.39, 0.29) is 0 Å². The smallest absolute Gasteiger partial charge is 0.0844 e. The molecule has 4 rings (SSSR count). The first kappa shape index (κ1) is 15.4. The molecule has 2 aliphatic heterocycles. The van der Waals surface area contributed by atoms with Gasteiger partial charge in [0.05, 0.1) is 24.4 Å². The van der Waals surface area contributed by atoms with Gasteiger partial charge in [-0.1, -0.05) is 51.4 Å². The summed E-state index contributed by atoms with van der Waals surface area (Å²) in [6.07, 6.45) is 22.8. The molecule has 6 atom stereocenters. The summed E-state index contributed by atoms with van der Waals surface area (Å²) in [5, 5.41) is 0. The average Bonchev–Trinajstić information content (AvgIpc) is 3.43. The Kier molecular flexibility index (Phi) is 5.07. The molecule has 0 radical (unpaired) electrons. The van der Waals surface area contributed by atoms with Crippen molar-refractivity contribution in [1.29, 1.82) is 0 Å². The van der Waals surface area contributed by atoms with Gasteiger partial charge in [-0.05, 0) is 50.4 Å². The van der Waals surface area contributed by atoms with Gasteiger partial charge in [0, 0.05) is 0 Å². The van der Waals surface area contributed by atoms with Gasteiger partial charge in [0.25, 0.3) is 0 Å². The molecule has 0 amide bonds. The van der Waals surface area contributed by atoms with Crippen LogP contribution in [0.1, 0.15) is 89.9 Å². The molecule has 2 heterocycles. The molecule has 0 aromatic rings. The summed E-state index contributed by atoms with van der Waals surface area (Å²) in [6.45, 7) is 0. The molecule has 6 unspecified atom stereocenters. The van der Waals surface area contributed by atoms with Crippen LogP contribution in [0.4, 0.5) is 0 Å². The first-order valence-electron chi connectivity index (χ1n) is 10.2. The number of unbranched alkanes of at least 4 members (excludes halogenated alkanes) is 5. The number of epoxide rings is 2. The van der Waals surface area contributed by atoms with Crippen LogP contribution in [0.5, 0.6) is 0 Å². The normalized spacial score (nSPS) is 42.5. The maximum absolute atomic E-state index is 5.63. The lowest BCUT2D eigenvalue weighted by Crippen LogP contribution is -2.13. The van der Waals surface area contributed by atoms with E-state index in [0.29, 0.717) is 24.4 Å². The van der Waals surface area contributed by atoms with Crippen LogP contribution in [0.25, 0.3) is 0 Å². The Morgan fingerprint density at radius 2 is 0.955 bits per heavy atom. The second kappa shape index (κ2) is 7.21. The van der Waals surface area contributed by atoms with E-state index in [4.69, 9.17) is 9.47 Å². The summed E-state index contributed by atoms with van der Waals surface area (Å²) in [6, 6.07) is 0. The van der Waals surface area contributed by atoms with Crippen LogP contribution < -0.4 is 0 Å². The van der Waals surface area contributed by atoms with Crippen molar-refractivity contribution in [2.24, 2.45) is 11.8 Å². The molecule has 0 N–H and O–H groups in total. The Bertz CT molecular complexity index is 322. The Hall–Kier alpha value is -0.0800. The van der Waals surface area contributed by atoms with Crippen molar-refractivity contribution in [3.8, 4) is 0 Å². The van der Waals surface area contributed by atoms with E-state index in [0.717, 1.165) is 11.8 Å². The highest BCUT2D eigenvalue weighted by Crippen LogP contribution is 2.42. The summed E-state index contributed by atoms with van der Waals surface area (Å²) < 4.78 is 11.3. The van der Waals surface area contributed by atoms with E-state index in [2.05, 4.69) is 0 Å². The number of ether oxygens (including phenoxy) is 2. The first-order valence-corrected chi connectivity index (χ1v) is 10.2. The fourth-order valence-corrected chi connectivity index (χ4v) is 5.07. The van der Waals surface area contributed by atoms with E-state index < -0.39 is 0 Å². The summed E-state index contributed by atoms with van der Waals surface area (Å²) >= 11 is 0. The molecule has 0 aromatic heterocycles. The van der Waals surface area contributed by atoms with Crippen molar-refractivity contribution in [3.63, 3.8) is 0 Å². The van der Waals surface area contributed by atoms with Crippen molar-refractivity contribution >= 4 is 0 Å². The lowest BCUT2D eigenvalue weighted by atomic mass is 9.85. The summed E-state index contributed by atoms with van der Waals surface area (Å²) in [4.78, 5) is 0. The zero-order valence-electron chi connectivity index (χ0n) is 14.2. The van der Waals surface area contributed by atoms with E-state index >= 15 is 0 Å². The molecule has 22 heavy (non-hydrogen) atoms. The third-order valence-corrected chi connectivity index (χ3v) is 6.70. The molecule has 2 nitrogen and oxygen atoms in total. The summed E-state index contributed by atoms with van der Waals surface area (Å²) in [5.74, 6) is 1.98. The van der Waals surface area contributed by atoms with Gasteiger partial charge in [-0.2, -0.15) is 0 Å². The fourth-order valence-electron chi connectivity index (χ4n) is 5.07. The lowest BCUT2D eigenvalue weighted by Gasteiger charge is -2.19. The van der Waals surface area contributed by atoms with Crippen LogP contribution in [-0.2, 0) is 9.47 Å². The van der Waals surface area contributed by atoms with Gasteiger partial charge in [0.2, 0.25) is 0 Å². The van der Waals surface area contributed by atoms with Gasteiger partial charge in [-0.25, -0.2) is 0 Å². The SMILES string of the molecule is C(CCCCC1CCC2OC2C1)CCCC1CCC2OC2C1. The van der Waals surface area contributed by atoms with Crippen molar-refractivity contribution in [1.82, 2.24) is 0 Å². The van der Waals surface area contributed by atoms with E-state index in [1.165, 1.54) is 89.9 Å². The van der Waals surface area contributed by atoms with E-state index in [1.807, 2.05) is 0 Å². The Balaban J connectivity index is 0.953. The molecule has 2 heteroatoms. The van der Waals surface area contributed by atoms with Gasteiger partial charge >= 0.3 is 0 Å². The van der Waals surface area contributed by atoms with Gasteiger partial charge in [-0.15, -0.1) is 0 Å². The maximum atomic E-state index is 5.63. The highest BCUT2D eigenvalue weighted by molar-refractivity contribution is 4.92. The van der Waals surface area contributed by atoms with Crippen LogP contribution in [-0.4, -0.2) is 24.4 Å². The monoisotopic (exact) mass is 306 g/mol. The Morgan fingerprint density at radius 3 is 1.41 bits per heavy atom. The molecule has 2 saturated heterocycles. The van der Waals surface area contributed by atoms with Crippen molar-refractivity contribution < 1.29 is 9.47 Å². The van der Waals surface area contributed by atoms with Gasteiger partial charge in [-0.3, -0.25) is 0 Å². The van der Waals surface area contributed by atoms with Crippen molar-refractivity contribution in [2.45, 2.75) is 114 Å². The van der Waals surface area contributed by atoms with Crippen molar-refractivity contribution in [3.05, 3.63) is 0 Å². The molecule has 0 aromatic carbocycles. The highest BCUT2D eigenvalue weighted by Gasteiger charge is 2.44. The number of hydrogen-bond donors (Lipinski definition) is 0. The second-order valence-corrected chi connectivity index (χ2v) is 8.48. The fraction of sp³-hybridized carbons (Fsp3) is 1.00. The third-order valence-electron chi connectivity index (χ3n) is 6.70. The van der Waals surface area contributed by atoms with Crippen molar-refractivity contribution in [2.75, 3.05) is 0 Å². The van der Waals surface area contributed by atoms with Gasteiger partial charge in [0.15, 0.2) is 0 Å². The topological polar surface area (TPSA) is 25.1 Å². The minimum Gasteiger partial charge on any atom is -0.370 e. The minimum atomic E-state index is 0.676. The van der Waals surface area contributed by atoms with Crippen LogP contribution in [0.2, 0.25) is 0 Å². The highest BCUT2D eigenvalue weighted by atomic mass is 16.6. The molecule has 2 saturated carbocycles. The Labute approximate surface area is 136 Å². The number of fused-ring (bicyclic) bond motifs is 2. The second-order valence-electron chi connectivity index (χ2n) is 8.48. The molecular formula is C20H34O2. The first-order chi connectivity index (χ1) is 10.9. The number of hydrogen-bond acceptors (Lipinski definition) is 2. The predicted molar refractivity (Wildman–Crippen MR) is 88.9 cm³/mol. The van der Waals surface area contributed by atoms with Crippen LogP contribution in [0, 0.1) is 11.8 Å². The molecular weight excluding hydrogens is 272 g/mol. The predicted octanol–water partition coefficient (Wildman–Crippen LogP) is 5.24. The largest absolute Gasteiger partial charge is 0.370 e. The molecule has 4 aliphatic rings.